The molecular weight excluding hydrogens is 336 g/mol. The largest absolute Gasteiger partial charge is 0.493 e. The van der Waals surface area contributed by atoms with Crippen LogP contribution in [0, 0.1) is 0 Å². The van der Waals surface area contributed by atoms with Gasteiger partial charge in [-0.3, -0.25) is 4.79 Å². The van der Waals surface area contributed by atoms with Crippen LogP contribution < -0.4 is 29.6 Å². The first-order chi connectivity index (χ1) is 12.6. The lowest BCUT2D eigenvalue weighted by molar-refractivity contribution is -0.114. The third-order valence-electron chi connectivity index (χ3n) is 3.57. The fourth-order valence-electron chi connectivity index (χ4n) is 2.43. The van der Waals surface area contributed by atoms with Crippen LogP contribution in [0.1, 0.15) is 6.92 Å². The van der Waals surface area contributed by atoms with Gasteiger partial charge in [-0.25, -0.2) is 0 Å². The molecule has 2 N–H and O–H groups in total. The van der Waals surface area contributed by atoms with Crippen LogP contribution in [0.5, 0.6) is 23.0 Å². The minimum atomic E-state index is -0.217. The summed E-state index contributed by atoms with van der Waals surface area (Å²) >= 11 is 0. The Balaban J connectivity index is 2.06. The predicted molar refractivity (Wildman–Crippen MR) is 101 cm³/mol. The van der Waals surface area contributed by atoms with Gasteiger partial charge in [0, 0.05) is 17.8 Å². The first-order valence-corrected chi connectivity index (χ1v) is 8.18. The summed E-state index contributed by atoms with van der Waals surface area (Å²) < 4.78 is 21.4. The van der Waals surface area contributed by atoms with Crippen molar-refractivity contribution in [2.75, 3.05) is 45.1 Å². The Morgan fingerprint density at radius 2 is 1.62 bits per heavy atom. The van der Waals surface area contributed by atoms with Crippen molar-refractivity contribution in [1.82, 2.24) is 0 Å². The molecule has 26 heavy (non-hydrogen) atoms. The topological polar surface area (TPSA) is 78.1 Å². The molecular formula is C19H24N2O5. The molecule has 0 aliphatic heterocycles. The molecule has 0 atom stereocenters. The standard InChI is InChI=1S/C19H24N2O5/c1-5-26-15-9-7-6-8-14(15)20-12-18(22)21-13-10-16(23-2)19(25-4)17(11-13)24-3/h6-11,20H,5,12H2,1-4H3,(H,21,22). The highest BCUT2D eigenvalue weighted by Gasteiger charge is 2.14. The molecule has 0 radical (unpaired) electrons. The Labute approximate surface area is 153 Å². The van der Waals surface area contributed by atoms with E-state index in [-0.39, 0.29) is 12.5 Å². The van der Waals surface area contributed by atoms with Gasteiger partial charge in [0.1, 0.15) is 5.75 Å². The van der Waals surface area contributed by atoms with Crippen molar-refractivity contribution in [2.24, 2.45) is 0 Å². The van der Waals surface area contributed by atoms with Crippen LogP contribution in [0.3, 0.4) is 0 Å². The number of methoxy groups -OCH3 is 3. The van der Waals surface area contributed by atoms with Gasteiger partial charge >= 0.3 is 0 Å². The lowest BCUT2D eigenvalue weighted by atomic mass is 10.2. The summed E-state index contributed by atoms with van der Waals surface area (Å²) in [6, 6.07) is 10.8. The highest BCUT2D eigenvalue weighted by Crippen LogP contribution is 2.39. The minimum absolute atomic E-state index is 0.0841. The van der Waals surface area contributed by atoms with E-state index in [1.54, 1.807) is 12.1 Å². The van der Waals surface area contributed by atoms with Crippen LogP contribution in [0.4, 0.5) is 11.4 Å². The van der Waals surface area contributed by atoms with Gasteiger partial charge < -0.3 is 29.6 Å². The van der Waals surface area contributed by atoms with Gasteiger partial charge in [-0.05, 0) is 19.1 Å². The average Bonchev–Trinajstić information content (AvgIpc) is 2.66. The van der Waals surface area contributed by atoms with Crippen molar-refractivity contribution in [3.63, 3.8) is 0 Å². The van der Waals surface area contributed by atoms with Gasteiger partial charge in [-0.2, -0.15) is 0 Å². The Hall–Kier alpha value is -3.09. The highest BCUT2D eigenvalue weighted by atomic mass is 16.5. The summed E-state index contributed by atoms with van der Waals surface area (Å²) in [7, 11) is 4.57. The second kappa shape index (κ2) is 9.41. The SMILES string of the molecule is CCOc1ccccc1NCC(=O)Nc1cc(OC)c(OC)c(OC)c1. The molecule has 0 fully saturated rings. The molecule has 0 saturated heterocycles. The molecule has 7 nitrogen and oxygen atoms in total. The molecule has 0 aliphatic carbocycles. The molecule has 0 aromatic heterocycles. The number of nitrogens with one attached hydrogen (secondary N) is 2. The summed E-state index contributed by atoms with van der Waals surface area (Å²) in [6.07, 6.45) is 0. The third-order valence-corrected chi connectivity index (χ3v) is 3.57. The fourth-order valence-corrected chi connectivity index (χ4v) is 2.43. The van der Waals surface area contributed by atoms with E-state index in [9.17, 15) is 4.79 Å². The molecule has 1 amide bonds. The number of ether oxygens (including phenoxy) is 4. The normalized spacial score (nSPS) is 10.0. The molecule has 0 heterocycles. The number of hydrogen-bond acceptors (Lipinski definition) is 6. The lowest BCUT2D eigenvalue weighted by Gasteiger charge is -2.15. The zero-order valence-corrected chi connectivity index (χ0v) is 15.4. The van der Waals surface area contributed by atoms with E-state index in [0.29, 0.717) is 35.3 Å². The van der Waals surface area contributed by atoms with E-state index in [4.69, 9.17) is 18.9 Å². The summed E-state index contributed by atoms with van der Waals surface area (Å²) in [4.78, 5) is 12.3. The number of rotatable bonds is 9. The van der Waals surface area contributed by atoms with Crippen molar-refractivity contribution in [3.8, 4) is 23.0 Å². The van der Waals surface area contributed by atoms with Crippen LogP contribution in [0.15, 0.2) is 36.4 Å². The number of carbonyl (C=O) groups is 1. The maximum absolute atomic E-state index is 12.3. The maximum Gasteiger partial charge on any atom is 0.243 e. The molecule has 0 saturated carbocycles. The number of benzene rings is 2. The molecule has 2 rings (SSSR count). The number of anilines is 2. The fraction of sp³-hybridized carbons (Fsp3) is 0.316. The van der Waals surface area contributed by atoms with Crippen LogP contribution in [-0.4, -0.2) is 40.4 Å². The van der Waals surface area contributed by atoms with Crippen LogP contribution in [0.2, 0.25) is 0 Å². The van der Waals surface area contributed by atoms with Crippen molar-refractivity contribution >= 4 is 17.3 Å². The molecule has 0 unspecified atom stereocenters. The number of para-hydroxylation sites is 2. The molecule has 0 spiro atoms. The first kappa shape index (κ1) is 19.2. The monoisotopic (exact) mass is 360 g/mol. The maximum atomic E-state index is 12.3. The van der Waals surface area contributed by atoms with Crippen LogP contribution in [-0.2, 0) is 4.79 Å². The van der Waals surface area contributed by atoms with Gasteiger partial charge in [0.05, 0.1) is 40.2 Å². The van der Waals surface area contributed by atoms with Crippen molar-refractivity contribution < 1.29 is 23.7 Å². The lowest BCUT2D eigenvalue weighted by Crippen LogP contribution is -2.22. The summed E-state index contributed by atoms with van der Waals surface area (Å²) in [5.74, 6) is 1.89. The van der Waals surface area contributed by atoms with E-state index in [2.05, 4.69) is 10.6 Å². The van der Waals surface area contributed by atoms with E-state index < -0.39 is 0 Å². The Morgan fingerprint density at radius 3 is 2.19 bits per heavy atom. The second-order valence-corrected chi connectivity index (χ2v) is 5.24. The zero-order chi connectivity index (χ0) is 18.9. The van der Waals surface area contributed by atoms with Gasteiger partial charge in [0.25, 0.3) is 0 Å². The van der Waals surface area contributed by atoms with Crippen molar-refractivity contribution in [2.45, 2.75) is 6.92 Å². The van der Waals surface area contributed by atoms with Crippen molar-refractivity contribution in [1.29, 1.82) is 0 Å². The van der Waals surface area contributed by atoms with E-state index in [1.807, 2.05) is 31.2 Å². The molecule has 2 aromatic carbocycles. The summed E-state index contributed by atoms with van der Waals surface area (Å²) in [6.45, 7) is 2.55. The number of carbonyl (C=O) groups excluding carboxylic acids is 1. The average molecular weight is 360 g/mol. The summed E-state index contributed by atoms with van der Waals surface area (Å²) in [5.41, 5.74) is 1.30. The molecule has 7 heteroatoms. The zero-order valence-electron chi connectivity index (χ0n) is 15.4. The van der Waals surface area contributed by atoms with Gasteiger partial charge in [0.2, 0.25) is 11.7 Å². The quantitative estimate of drug-likeness (QED) is 0.715. The van der Waals surface area contributed by atoms with E-state index in [1.165, 1.54) is 21.3 Å². The van der Waals surface area contributed by atoms with Gasteiger partial charge in [-0.1, -0.05) is 12.1 Å². The Morgan fingerprint density at radius 1 is 0.962 bits per heavy atom. The predicted octanol–water partition coefficient (Wildman–Crippen LogP) is 3.16. The smallest absolute Gasteiger partial charge is 0.243 e. The molecule has 2 aromatic rings. The molecule has 0 bridgehead atoms. The Kier molecular flexibility index (Phi) is 6.96. The molecule has 0 aliphatic rings. The number of amides is 1. The number of hydrogen-bond donors (Lipinski definition) is 2. The van der Waals surface area contributed by atoms with Crippen molar-refractivity contribution in [3.05, 3.63) is 36.4 Å². The van der Waals surface area contributed by atoms with Gasteiger partial charge in [0.15, 0.2) is 11.5 Å². The highest BCUT2D eigenvalue weighted by molar-refractivity contribution is 5.94. The van der Waals surface area contributed by atoms with E-state index in [0.717, 1.165) is 5.69 Å². The van der Waals surface area contributed by atoms with Gasteiger partial charge in [-0.15, -0.1) is 0 Å². The summed E-state index contributed by atoms with van der Waals surface area (Å²) in [5, 5.41) is 5.88. The minimum Gasteiger partial charge on any atom is -0.493 e. The molecule has 140 valence electrons. The van der Waals surface area contributed by atoms with Crippen LogP contribution >= 0.6 is 0 Å². The first-order valence-electron chi connectivity index (χ1n) is 8.18. The second-order valence-electron chi connectivity index (χ2n) is 5.24. The van der Waals surface area contributed by atoms with Crippen LogP contribution in [0.25, 0.3) is 0 Å². The third kappa shape index (κ3) is 4.72. The Bertz CT molecular complexity index is 723. The van der Waals surface area contributed by atoms with E-state index >= 15 is 0 Å².